The van der Waals surface area contributed by atoms with Gasteiger partial charge in [0.15, 0.2) is 0 Å². The van der Waals surface area contributed by atoms with Gasteiger partial charge in [0.25, 0.3) is 0 Å². The number of amides is 2. The lowest BCUT2D eigenvalue weighted by molar-refractivity contribution is -0.120. The molecule has 23 heavy (non-hydrogen) atoms. The lowest BCUT2D eigenvalue weighted by Crippen LogP contribution is -2.36. The van der Waals surface area contributed by atoms with E-state index in [9.17, 15) is 9.59 Å². The van der Waals surface area contributed by atoms with Crippen molar-refractivity contribution in [1.29, 1.82) is 0 Å². The number of halogens is 1. The van der Waals surface area contributed by atoms with Gasteiger partial charge in [-0.1, -0.05) is 34.1 Å². The fourth-order valence-corrected chi connectivity index (χ4v) is 2.57. The Labute approximate surface area is 144 Å². The summed E-state index contributed by atoms with van der Waals surface area (Å²) in [5.41, 5.74) is 3.54. The van der Waals surface area contributed by atoms with E-state index in [0.717, 1.165) is 21.3 Å². The second-order valence-electron chi connectivity index (χ2n) is 5.46. The van der Waals surface area contributed by atoms with Crippen LogP contribution in [-0.4, -0.2) is 18.4 Å². The van der Waals surface area contributed by atoms with Crippen LogP contribution in [0.3, 0.4) is 0 Å². The van der Waals surface area contributed by atoms with E-state index in [-0.39, 0.29) is 18.4 Å². The van der Waals surface area contributed by atoms with Crippen molar-refractivity contribution in [3.05, 3.63) is 58.1 Å². The van der Waals surface area contributed by atoms with Crippen molar-refractivity contribution in [3.63, 3.8) is 0 Å². The number of aryl methyl sites for hydroxylation is 2. The van der Waals surface area contributed by atoms with Gasteiger partial charge in [-0.3, -0.25) is 9.59 Å². The number of nitrogens with zero attached hydrogens (tertiary/aromatic N) is 1. The lowest BCUT2D eigenvalue weighted by atomic mass is 10.2. The first-order chi connectivity index (χ1) is 10.9. The molecule has 0 unspecified atom stereocenters. The Bertz CT molecular complexity index is 744. The predicted octanol–water partition coefficient (Wildman–Crippen LogP) is 4.06. The van der Waals surface area contributed by atoms with Gasteiger partial charge in [0, 0.05) is 22.8 Å². The average molecular weight is 375 g/mol. The normalized spacial score (nSPS) is 10.3. The van der Waals surface area contributed by atoms with Gasteiger partial charge in [-0.2, -0.15) is 0 Å². The molecule has 120 valence electrons. The topological polar surface area (TPSA) is 49.4 Å². The molecule has 0 aliphatic carbocycles. The molecule has 0 fully saturated rings. The van der Waals surface area contributed by atoms with E-state index in [1.54, 1.807) is 0 Å². The van der Waals surface area contributed by atoms with Crippen LogP contribution < -0.4 is 10.2 Å². The summed E-state index contributed by atoms with van der Waals surface area (Å²) in [5.74, 6) is -0.409. The Morgan fingerprint density at radius 2 is 1.87 bits per heavy atom. The maximum Gasteiger partial charge on any atom is 0.244 e. The van der Waals surface area contributed by atoms with Crippen LogP contribution in [0.15, 0.2) is 46.9 Å². The van der Waals surface area contributed by atoms with E-state index >= 15 is 0 Å². The molecule has 0 radical (unpaired) electrons. The molecule has 4 nitrogen and oxygen atoms in total. The summed E-state index contributed by atoms with van der Waals surface area (Å²) < 4.78 is 0.928. The number of carbonyl (C=O) groups is 2. The van der Waals surface area contributed by atoms with E-state index in [0.29, 0.717) is 5.69 Å². The van der Waals surface area contributed by atoms with E-state index < -0.39 is 0 Å². The number of nitrogens with one attached hydrogen (secondary N) is 1. The molecular formula is C18H19BrN2O2. The van der Waals surface area contributed by atoms with Crippen LogP contribution in [0.1, 0.15) is 18.1 Å². The van der Waals surface area contributed by atoms with Gasteiger partial charge in [-0.05, 0) is 49.2 Å². The molecule has 0 saturated carbocycles. The van der Waals surface area contributed by atoms with Gasteiger partial charge in [-0.15, -0.1) is 0 Å². The molecule has 0 aliphatic rings. The molecule has 0 aliphatic heterocycles. The van der Waals surface area contributed by atoms with Crippen molar-refractivity contribution in [1.82, 2.24) is 0 Å². The van der Waals surface area contributed by atoms with Gasteiger partial charge >= 0.3 is 0 Å². The highest BCUT2D eigenvalue weighted by Crippen LogP contribution is 2.21. The van der Waals surface area contributed by atoms with Gasteiger partial charge in [0.1, 0.15) is 6.54 Å². The number of carbonyl (C=O) groups excluding carboxylic acids is 2. The summed E-state index contributed by atoms with van der Waals surface area (Å²) in [6.45, 7) is 5.36. The smallest absolute Gasteiger partial charge is 0.244 e. The summed E-state index contributed by atoms with van der Waals surface area (Å²) in [4.78, 5) is 25.6. The largest absolute Gasteiger partial charge is 0.324 e. The predicted molar refractivity (Wildman–Crippen MR) is 96.7 cm³/mol. The summed E-state index contributed by atoms with van der Waals surface area (Å²) in [5, 5.41) is 2.82. The lowest BCUT2D eigenvalue weighted by Gasteiger charge is -2.21. The maximum absolute atomic E-state index is 12.3. The third-order valence-corrected chi connectivity index (χ3v) is 4.31. The minimum absolute atomic E-state index is 0.0235. The van der Waals surface area contributed by atoms with Crippen LogP contribution in [-0.2, 0) is 9.59 Å². The summed E-state index contributed by atoms with van der Waals surface area (Å²) in [7, 11) is 0. The van der Waals surface area contributed by atoms with Crippen molar-refractivity contribution in [2.24, 2.45) is 0 Å². The molecule has 0 atom stereocenters. The van der Waals surface area contributed by atoms with Crippen LogP contribution in [0.5, 0.6) is 0 Å². The van der Waals surface area contributed by atoms with Crippen molar-refractivity contribution in [3.8, 4) is 0 Å². The Kier molecular flexibility index (Phi) is 5.55. The third-order valence-electron chi connectivity index (χ3n) is 3.45. The SMILES string of the molecule is CC(=O)N(CC(=O)Nc1ccc(C)c(Br)c1)c1cccc(C)c1. The Balaban J connectivity index is 2.12. The first-order valence-corrected chi connectivity index (χ1v) is 8.07. The highest BCUT2D eigenvalue weighted by molar-refractivity contribution is 9.10. The second kappa shape index (κ2) is 7.42. The quantitative estimate of drug-likeness (QED) is 0.876. The van der Waals surface area contributed by atoms with Crippen LogP contribution in [0.4, 0.5) is 11.4 Å². The number of benzene rings is 2. The molecule has 0 bridgehead atoms. The standard InChI is InChI=1S/C18H19BrN2O2/c1-12-5-4-6-16(9-12)21(14(3)22)11-18(23)20-15-8-7-13(2)17(19)10-15/h4-10H,11H2,1-3H3,(H,20,23). The molecule has 0 saturated heterocycles. The Morgan fingerprint density at radius 1 is 1.13 bits per heavy atom. The molecule has 1 N–H and O–H groups in total. The maximum atomic E-state index is 12.3. The third kappa shape index (κ3) is 4.66. The van der Waals surface area contributed by atoms with E-state index in [4.69, 9.17) is 0 Å². The monoisotopic (exact) mass is 374 g/mol. The number of hydrogen-bond donors (Lipinski definition) is 1. The zero-order chi connectivity index (χ0) is 17.0. The van der Waals surface area contributed by atoms with Crippen LogP contribution in [0.25, 0.3) is 0 Å². The van der Waals surface area contributed by atoms with E-state index in [1.165, 1.54) is 11.8 Å². The molecule has 2 rings (SSSR count). The van der Waals surface area contributed by atoms with E-state index in [1.807, 2.05) is 56.3 Å². The first-order valence-electron chi connectivity index (χ1n) is 7.27. The highest BCUT2D eigenvalue weighted by Gasteiger charge is 2.16. The summed E-state index contributed by atoms with van der Waals surface area (Å²) >= 11 is 3.44. The molecule has 2 amide bonds. The zero-order valence-electron chi connectivity index (χ0n) is 13.4. The van der Waals surface area contributed by atoms with Gasteiger partial charge in [-0.25, -0.2) is 0 Å². The summed E-state index contributed by atoms with van der Waals surface area (Å²) in [6, 6.07) is 13.1. The highest BCUT2D eigenvalue weighted by atomic mass is 79.9. The minimum atomic E-state index is -0.238. The van der Waals surface area contributed by atoms with Crippen molar-refractivity contribution in [2.75, 3.05) is 16.8 Å². The number of rotatable bonds is 4. The molecule has 2 aromatic rings. The van der Waals surface area contributed by atoms with Crippen LogP contribution in [0.2, 0.25) is 0 Å². The number of hydrogen-bond acceptors (Lipinski definition) is 2. The second-order valence-corrected chi connectivity index (χ2v) is 6.31. The first kappa shape index (κ1) is 17.2. The average Bonchev–Trinajstić information content (AvgIpc) is 2.48. The Hall–Kier alpha value is -2.14. The minimum Gasteiger partial charge on any atom is -0.324 e. The molecule has 0 heterocycles. The van der Waals surface area contributed by atoms with Crippen molar-refractivity contribution in [2.45, 2.75) is 20.8 Å². The zero-order valence-corrected chi connectivity index (χ0v) is 15.0. The van der Waals surface area contributed by atoms with Gasteiger partial charge < -0.3 is 10.2 Å². The number of anilines is 2. The molecule has 0 aromatic heterocycles. The van der Waals surface area contributed by atoms with Crippen LogP contribution in [0, 0.1) is 13.8 Å². The fraction of sp³-hybridized carbons (Fsp3) is 0.222. The van der Waals surface area contributed by atoms with Gasteiger partial charge in [0.05, 0.1) is 0 Å². The fourth-order valence-electron chi connectivity index (χ4n) is 2.20. The van der Waals surface area contributed by atoms with Crippen molar-refractivity contribution >= 4 is 39.1 Å². The molecular weight excluding hydrogens is 356 g/mol. The Morgan fingerprint density at radius 3 is 2.48 bits per heavy atom. The van der Waals surface area contributed by atoms with Crippen molar-refractivity contribution < 1.29 is 9.59 Å². The molecule has 2 aromatic carbocycles. The van der Waals surface area contributed by atoms with E-state index in [2.05, 4.69) is 21.2 Å². The molecule has 5 heteroatoms. The van der Waals surface area contributed by atoms with Crippen LogP contribution >= 0.6 is 15.9 Å². The molecule has 0 spiro atoms. The van der Waals surface area contributed by atoms with Gasteiger partial charge in [0.2, 0.25) is 11.8 Å². The summed E-state index contributed by atoms with van der Waals surface area (Å²) in [6.07, 6.45) is 0.